The van der Waals surface area contributed by atoms with Crippen molar-refractivity contribution in [3.05, 3.63) is 11.7 Å². The third kappa shape index (κ3) is 2.30. The standard InChI is InChI=1S/C14H21N3O/c1-2-10(1)9-17-7-5-12(6-8-17)14-15-13(16-18-14)11-3-4-11/h10-12H,1-9H2. The number of hydrogen-bond donors (Lipinski definition) is 0. The van der Waals surface area contributed by atoms with E-state index in [1.807, 2.05) is 0 Å². The molecule has 1 aromatic rings. The van der Waals surface area contributed by atoms with Gasteiger partial charge >= 0.3 is 0 Å². The van der Waals surface area contributed by atoms with Gasteiger partial charge in [0.25, 0.3) is 0 Å². The summed E-state index contributed by atoms with van der Waals surface area (Å²) in [7, 11) is 0. The molecule has 18 heavy (non-hydrogen) atoms. The second-order valence-corrected chi connectivity index (χ2v) is 6.28. The molecular weight excluding hydrogens is 226 g/mol. The molecule has 0 radical (unpaired) electrons. The maximum atomic E-state index is 5.45. The average molecular weight is 247 g/mol. The Labute approximate surface area is 108 Å². The molecule has 0 amide bonds. The number of nitrogens with zero attached hydrogens (tertiary/aromatic N) is 3. The fourth-order valence-electron chi connectivity index (χ4n) is 2.95. The van der Waals surface area contributed by atoms with E-state index in [4.69, 9.17) is 4.52 Å². The summed E-state index contributed by atoms with van der Waals surface area (Å²) in [6.07, 6.45) is 7.79. The molecule has 3 fully saturated rings. The van der Waals surface area contributed by atoms with Gasteiger partial charge in [0.2, 0.25) is 5.89 Å². The fraction of sp³-hybridized carbons (Fsp3) is 0.857. The molecule has 98 valence electrons. The lowest BCUT2D eigenvalue weighted by atomic mass is 9.96. The van der Waals surface area contributed by atoms with Gasteiger partial charge in [-0.15, -0.1) is 0 Å². The van der Waals surface area contributed by atoms with E-state index in [0.29, 0.717) is 11.8 Å². The van der Waals surface area contributed by atoms with Gasteiger partial charge in [-0.3, -0.25) is 0 Å². The third-order valence-corrected chi connectivity index (χ3v) is 4.55. The maximum absolute atomic E-state index is 5.45. The smallest absolute Gasteiger partial charge is 0.229 e. The van der Waals surface area contributed by atoms with Gasteiger partial charge in [-0.2, -0.15) is 4.98 Å². The number of likely N-dealkylation sites (tertiary alicyclic amines) is 1. The molecule has 2 aliphatic carbocycles. The van der Waals surface area contributed by atoms with Crippen molar-refractivity contribution in [3.8, 4) is 0 Å². The molecule has 1 saturated heterocycles. The number of aromatic nitrogens is 2. The second-order valence-electron chi connectivity index (χ2n) is 6.28. The van der Waals surface area contributed by atoms with Gasteiger partial charge in [0, 0.05) is 18.4 Å². The summed E-state index contributed by atoms with van der Waals surface area (Å²) in [5.41, 5.74) is 0. The van der Waals surface area contributed by atoms with Crippen LogP contribution < -0.4 is 0 Å². The maximum Gasteiger partial charge on any atom is 0.229 e. The van der Waals surface area contributed by atoms with Crippen LogP contribution in [0.15, 0.2) is 4.52 Å². The molecule has 2 heterocycles. The molecule has 3 aliphatic rings. The number of hydrogen-bond acceptors (Lipinski definition) is 4. The van der Waals surface area contributed by atoms with Gasteiger partial charge in [-0.05, 0) is 57.5 Å². The lowest BCUT2D eigenvalue weighted by Crippen LogP contribution is -2.34. The Morgan fingerprint density at radius 2 is 1.78 bits per heavy atom. The van der Waals surface area contributed by atoms with Crippen molar-refractivity contribution in [3.63, 3.8) is 0 Å². The zero-order valence-corrected chi connectivity index (χ0v) is 10.8. The molecule has 4 nitrogen and oxygen atoms in total. The van der Waals surface area contributed by atoms with Crippen LogP contribution >= 0.6 is 0 Å². The van der Waals surface area contributed by atoms with Crippen LogP contribution in [-0.4, -0.2) is 34.7 Å². The predicted octanol–water partition coefficient (Wildman–Crippen LogP) is 2.54. The minimum absolute atomic E-state index is 0.514. The van der Waals surface area contributed by atoms with E-state index in [0.717, 1.165) is 17.6 Å². The lowest BCUT2D eigenvalue weighted by molar-refractivity contribution is 0.188. The average Bonchev–Trinajstić information content (AvgIpc) is 3.32. The second kappa shape index (κ2) is 4.34. The van der Waals surface area contributed by atoms with E-state index in [9.17, 15) is 0 Å². The Balaban J connectivity index is 1.34. The quantitative estimate of drug-likeness (QED) is 0.820. The van der Waals surface area contributed by atoms with Gasteiger partial charge in [-0.25, -0.2) is 0 Å². The van der Waals surface area contributed by atoms with E-state index in [1.165, 1.54) is 58.2 Å². The Hall–Kier alpha value is -0.900. The molecular formula is C14H21N3O. The van der Waals surface area contributed by atoms with E-state index in [2.05, 4.69) is 15.0 Å². The molecule has 1 aromatic heterocycles. The van der Waals surface area contributed by atoms with Crippen LogP contribution in [-0.2, 0) is 0 Å². The highest BCUT2D eigenvalue weighted by Crippen LogP contribution is 2.39. The zero-order chi connectivity index (χ0) is 11.9. The lowest BCUT2D eigenvalue weighted by Gasteiger charge is -2.30. The highest BCUT2D eigenvalue weighted by molar-refractivity contribution is 5.05. The van der Waals surface area contributed by atoms with Gasteiger partial charge in [-0.1, -0.05) is 5.16 Å². The first-order valence-electron chi connectivity index (χ1n) is 7.44. The van der Waals surface area contributed by atoms with Gasteiger partial charge in [0.05, 0.1) is 0 Å². The van der Waals surface area contributed by atoms with Crippen molar-refractivity contribution in [1.29, 1.82) is 0 Å². The first-order valence-corrected chi connectivity index (χ1v) is 7.44. The van der Waals surface area contributed by atoms with E-state index in [1.54, 1.807) is 0 Å². The summed E-state index contributed by atoms with van der Waals surface area (Å²) in [6, 6.07) is 0. The fourth-order valence-corrected chi connectivity index (χ4v) is 2.95. The third-order valence-electron chi connectivity index (χ3n) is 4.55. The van der Waals surface area contributed by atoms with Crippen LogP contribution in [0.25, 0.3) is 0 Å². The monoisotopic (exact) mass is 247 g/mol. The summed E-state index contributed by atoms with van der Waals surface area (Å²) in [5.74, 6) is 4.00. The van der Waals surface area contributed by atoms with Crippen molar-refractivity contribution in [2.24, 2.45) is 5.92 Å². The molecule has 0 bridgehead atoms. The molecule has 4 rings (SSSR count). The van der Waals surface area contributed by atoms with Crippen LogP contribution in [0.5, 0.6) is 0 Å². The van der Waals surface area contributed by atoms with E-state index >= 15 is 0 Å². The topological polar surface area (TPSA) is 42.2 Å². The van der Waals surface area contributed by atoms with Gasteiger partial charge in [0.1, 0.15) is 0 Å². The minimum Gasteiger partial charge on any atom is -0.339 e. The van der Waals surface area contributed by atoms with E-state index < -0.39 is 0 Å². The number of rotatable bonds is 4. The highest BCUT2D eigenvalue weighted by atomic mass is 16.5. The van der Waals surface area contributed by atoms with Gasteiger partial charge < -0.3 is 9.42 Å². The summed E-state index contributed by atoms with van der Waals surface area (Å²) in [6.45, 7) is 3.74. The van der Waals surface area contributed by atoms with Crippen molar-refractivity contribution in [2.75, 3.05) is 19.6 Å². The van der Waals surface area contributed by atoms with Crippen molar-refractivity contribution in [2.45, 2.75) is 50.4 Å². The molecule has 0 N–H and O–H groups in total. The summed E-state index contributed by atoms with van der Waals surface area (Å²) < 4.78 is 5.45. The van der Waals surface area contributed by atoms with Crippen molar-refractivity contribution >= 4 is 0 Å². The largest absolute Gasteiger partial charge is 0.339 e. The number of piperidine rings is 1. The molecule has 0 spiro atoms. The Morgan fingerprint density at radius 3 is 2.44 bits per heavy atom. The normalized spacial score (nSPS) is 26.7. The first-order chi connectivity index (χ1) is 8.88. The van der Waals surface area contributed by atoms with Crippen LogP contribution in [0, 0.1) is 5.92 Å². The summed E-state index contributed by atoms with van der Waals surface area (Å²) >= 11 is 0. The molecule has 1 aliphatic heterocycles. The highest BCUT2D eigenvalue weighted by Gasteiger charge is 2.32. The van der Waals surface area contributed by atoms with Crippen LogP contribution in [0.1, 0.15) is 62.1 Å². The minimum atomic E-state index is 0.514. The molecule has 4 heteroatoms. The van der Waals surface area contributed by atoms with Crippen LogP contribution in [0.2, 0.25) is 0 Å². The van der Waals surface area contributed by atoms with Crippen molar-refractivity contribution < 1.29 is 4.52 Å². The molecule has 0 unspecified atom stereocenters. The van der Waals surface area contributed by atoms with Crippen molar-refractivity contribution in [1.82, 2.24) is 15.0 Å². The molecule has 2 saturated carbocycles. The summed E-state index contributed by atoms with van der Waals surface area (Å²) in [4.78, 5) is 7.22. The molecule has 0 aromatic carbocycles. The van der Waals surface area contributed by atoms with Crippen LogP contribution in [0.4, 0.5) is 0 Å². The Bertz CT molecular complexity index is 414. The summed E-state index contributed by atoms with van der Waals surface area (Å²) in [5, 5.41) is 4.13. The van der Waals surface area contributed by atoms with Crippen LogP contribution in [0.3, 0.4) is 0 Å². The zero-order valence-electron chi connectivity index (χ0n) is 10.8. The van der Waals surface area contributed by atoms with E-state index in [-0.39, 0.29) is 0 Å². The predicted molar refractivity (Wildman–Crippen MR) is 67.4 cm³/mol. The Kier molecular flexibility index (Phi) is 2.64. The van der Waals surface area contributed by atoms with Gasteiger partial charge in [0.15, 0.2) is 5.82 Å². The first kappa shape index (κ1) is 11.0. The SMILES string of the molecule is C1CC1CN1CCC(c2nc(C3CC3)no2)CC1. The Morgan fingerprint density at radius 1 is 1.00 bits per heavy atom. The molecule has 0 atom stereocenters.